The molecule has 27 heteroatoms. The number of halogens is 1. The number of hydrogen-bond acceptors (Lipinski definition) is 20. The highest BCUT2D eigenvalue weighted by atomic mass is 19.1. The molecule has 6 aromatic carbocycles. The summed E-state index contributed by atoms with van der Waals surface area (Å²) < 4.78 is 48.6. The van der Waals surface area contributed by atoms with Crippen molar-refractivity contribution >= 4 is 68.3 Å². The Labute approximate surface area is 723 Å². The van der Waals surface area contributed by atoms with Gasteiger partial charge in [0.1, 0.15) is 93.7 Å². The number of likely N-dealkylation sites (N-methyl/N-ethyl adjacent to an activating group) is 2. The lowest BCUT2D eigenvalue weighted by Crippen LogP contribution is -2.40. The fourth-order valence-electron chi connectivity index (χ4n) is 17.4. The Hall–Kier alpha value is -12.7. The molecule has 26 nitrogen and oxygen atoms in total. The number of para-hydroxylation sites is 2. The maximum Gasteiger partial charge on any atom is 0.246 e. The molecule has 17 rings (SSSR count). The summed E-state index contributed by atoms with van der Waals surface area (Å²) in [5.41, 5.74) is 30.8. The SMILES string of the molecule is COCCN(C/C=C/C(=O)N1CC[C@@H](n2c(C)c(-c3ccc(Oc4ccccc4)cc3)c3c(N)ncnc32)C1)CCOC.Cc1c(-c2ccc(Oc3cccc(F)c3)cc2)c2c(N)ncnc2n1[C@@H]1CCCN(C(=O)/C=C/CN(C)C2CC2)C1.Cc1c(-c2ccc(Oc3ccccc3)cc2)c2c(N)ncnc2n1[C@@H]1CCCN(C(=O)/C=C/CN(C)C2CC2)C1. The van der Waals surface area contributed by atoms with E-state index in [2.05, 4.69) is 105 Å². The van der Waals surface area contributed by atoms with Gasteiger partial charge in [0.25, 0.3) is 0 Å². The predicted molar refractivity (Wildman–Crippen MR) is 485 cm³/mol. The number of rotatable bonds is 29. The lowest BCUT2D eigenvalue weighted by Gasteiger charge is -2.34. The quantitative estimate of drug-likeness (QED) is 0.0367. The number of methoxy groups -OCH3 is 2. The third kappa shape index (κ3) is 20.5. The van der Waals surface area contributed by atoms with E-state index < -0.39 is 0 Å². The standard InChI is InChI=1S/C33H40N6O4.C32H35FN6O2.C32H36N6O2/c1-24-30(25-11-13-28(14-12-25)43-27-8-5-4-6-9-27)31-32(34)35-23-36-33(31)39(24)26-15-17-38(22-26)29(40)10-7-16-37(18-20-41-2)19-21-42-3;1-21-29(22-10-14-26(15-11-22)41-27-8-3-6-23(33)18-27)30-31(34)35-20-36-32(30)39(21)25-7-4-17-38(19-25)28(40)9-5-16-37(2)24-12-13-24;1-22-29(23-12-16-27(17-13-23)40-26-9-4-3-5-10-26)30-31(33)34-21-35-32(30)38(22)25-8-6-19-37(20-25)28(39)11-7-18-36(2)24-14-15-24/h4-14,23,26H,15-22H2,1-3H3,(H2,34,35,36);3,5-6,8-11,14-15,18,20,24-25H,4,7,12-13,16-17,19H2,1-2H3,(H2,34,35,36);3-5,7,9-13,16-17,21,24-25H,6,8,14-15,18-20H2,1-2H3,(H2,33,34,35)/b10-7+;9-5+;11-7+/t26-;2*25-/m111/s1. The van der Waals surface area contributed by atoms with Gasteiger partial charge in [-0.2, -0.15) is 0 Å². The molecular weight excluding hydrogens is 1560 g/mol. The summed E-state index contributed by atoms with van der Waals surface area (Å²) in [6.45, 7) is 15.4. The molecule has 644 valence electrons. The van der Waals surface area contributed by atoms with Gasteiger partial charge in [-0.25, -0.2) is 34.3 Å². The number of nitrogen functional groups attached to an aromatic ring is 3. The molecule has 0 bridgehead atoms. The van der Waals surface area contributed by atoms with Crippen LogP contribution in [0.5, 0.6) is 34.5 Å². The number of benzene rings is 6. The number of likely N-dealkylation sites (tertiary alicyclic amines) is 3. The zero-order chi connectivity index (χ0) is 86.3. The molecule has 12 aromatic rings. The van der Waals surface area contributed by atoms with Gasteiger partial charge in [0.15, 0.2) is 0 Å². The maximum absolute atomic E-state index is 13.6. The molecule has 3 amide bonds. The van der Waals surface area contributed by atoms with E-state index in [1.54, 1.807) is 44.6 Å². The van der Waals surface area contributed by atoms with Crippen LogP contribution in [0.3, 0.4) is 0 Å². The molecule has 9 heterocycles. The molecule has 2 saturated carbocycles. The molecule has 3 saturated heterocycles. The second-order valence-electron chi connectivity index (χ2n) is 32.5. The number of carbonyl (C=O) groups excluding carboxylic acids is 3. The molecule has 3 aliphatic heterocycles. The topological polar surface area (TPSA) is 287 Å². The van der Waals surface area contributed by atoms with Crippen LogP contribution in [0.15, 0.2) is 213 Å². The Morgan fingerprint density at radius 2 is 0.758 bits per heavy atom. The van der Waals surface area contributed by atoms with Crippen LogP contribution in [-0.4, -0.2) is 216 Å². The minimum Gasteiger partial charge on any atom is -0.457 e. The molecule has 124 heavy (non-hydrogen) atoms. The zero-order valence-electron chi connectivity index (χ0n) is 71.7. The van der Waals surface area contributed by atoms with Crippen LogP contribution < -0.4 is 31.4 Å². The Morgan fingerprint density at radius 3 is 1.12 bits per heavy atom. The number of nitrogens with zero attached hydrogens (tertiary/aromatic N) is 15. The molecule has 2 aliphatic carbocycles. The van der Waals surface area contributed by atoms with Crippen molar-refractivity contribution in [2.75, 3.05) is 131 Å². The Kier molecular flexibility index (Phi) is 27.9. The maximum atomic E-state index is 13.6. The van der Waals surface area contributed by atoms with Gasteiger partial charge in [-0.1, -0.05) is 97.1 Å². The monoisotopic (exact) mass is 1670 g/mol. The molecule has 5 aliphatic rings. The lowest BCUT2D eigenvalue weighted by molar-refractivity contribution is -0.128. The van der Waals surface area contributed by atoms with Crippen LogP contribution in [-0.2, 0) is 23.9 Å². The summed E-state index contributed by atoms with van der Waals surface area (Å²) in [6, 6.07) is 50.8. The van der Waals surface area contributed by atoms with Crippen LogP contribution in [0, 0.1) is 26.6 Å². The second-order valence-corrected chi connectivity index (χ2v) is 32.5. The highest BCUT2D eigenvalue weighted by Crippen LogP contribution is 2.45. The van der Waals surface area contributed by atoms with E-state index in [4.69, 9.17) is 40.9 Å². The van der Waals surface area contributed by atoms with E-state index in [1.807, 2.05) is 154 Å². The summed E-state index contributed by atoms with van der Waals surface area (Å²) in [6.07, 6.45) is 25.2. The van der Waals surface area contributed by atoms with Gasteiger partial charge in [0.2, 0.25) is 17.7 Å². The number of carbonyl (C=O) groups is 3. The van der Waals surface area contributed by atoms with Gasteiger partial charge in [-0.05, 0) is 182 Å². The first kappa shape index (κ1) is 86.3. The number of hydrogen-bond donors (Lipinski definition) is 3. The fourth-order valence-corrected chi connectivity index (χ4v) is 17.4. The molecule has 6 aromatic heterocycles. The van der Waals surface area contributed by atoms with Crippen LogP contribution in [0.1, 0.15) is 93.0 Å². The first-order valence-corrected chi connectivity index (χ1v) is 42.9. The van der Waals surface area contributed by atoms with Crippen LogP contribution in [0.4, 0.5) is 21.8 Å². The molecular formula is C97H111FN18O8. The number of ether oxygens (including phenoxy) is 5. The van der Waals surface area contributed by atoms with E-state index >= 15 is 0 Å². The third-order valence-electron chi connectivity index (χ3n) is 24.1. The van der Waals surface area contributed by atoms with Gasteiger partial charge in [-0.3, -0.25) is 29.1 Å². The molecule has 3 atom stereocenters. The fraction of sp³-hybridized carbons (Fsp3) is 0.351. The normalized spacial score (nSPS) is 16.8. The van der Waals surface area contributed by atoms with Crippen molar-refractivity contribution in [3.05, 3.63) is 236 Å². The minimum absolute atomic E-state index is 0.0124. The van der Waals surface area contributed by atoms with E-state index in [9.17, 15) is 18.8 Å². The van der Waals surface area contributed by atoms with Crippen molar-refractivity contribution < 1.29 is 42.5 Å². The Morgan fingerprint density at radius 1 is 0.419 bits per heavy atom. The largest absolute Gasteiger partial charge is 0.457 e. The van der Waals surface area contributed by atoms with Crippen molar-refractivity contribution in [1.29, 1.82) is 0 Å². The first-order valence-electron chi connectivity index (χ1n) is 42.9. The predicted octanol–water partition coefficient (Wildman–Crippen LogP) is 16.0. The summed E-state index contributed by atoms with van der Waals surface area (Å²) in [5, 5.41) is 2.48. The summed E-state index contributed by atoms with van der Waals surface area (Å²) in [4.78, 5) is 78.8. The molecule has 0 spiro atoms. The minimum atomic E-state index is -0.349. The van der Waals surface area contributed by atoms with Gasteiger partial charge >= 0.3 is 0 Å². The Balaban J connectivity index is 0.000000144. The number of piperidine rings is 2. The van der Waals surface area contributed by atoms with Gasteiger partial charge in [-0.15, -0.1) is 0 Å². The smallest absolute Gasteiger partial charge is 0.246 e. The number of anilines is 3. The number of aromatic nitrogens is 9. The number of fused-ring (bicyclic) bond motifs is 3. The third-order valence-corrected chi connectivity index (χ3v) is 24.1. The summed E-state index contributed by atoms with van der Waals surface area (Å²) in [5.74, 6) is 5.22. The summed E-state index contributed by atoms with van der Waals surface area (Å²) >= 11 is 0. The average Bonchev–Trinajstić information content (AvgIpc) is 1.60. The molecule has 0 unspecified atom stereocenters. The average molecular weight is 1680 g/mol. The zero-order valence-corrected chi connectivity index (χ0v) is 71.7. The van der Waals surface area contributed by atoms with Crippen LogP contribution >= 0.6 is 0 Å². The van der Waals surface area contributed by atoms with Crippen LogP contribution in [0.2, 0.25) is 0 Å². The van der Waals surface area contributed by atoms with Gasteiger partial charge in [0.05, 0.1) is 47.5 Å². The van der Waals surface area contributed by atoms with Gasteiger partial charge < -0.3 is 69.3 Å². The highest BCUT2D eigenvalue weighted by Gasteiger charge is 2.35. The first-order chi connectivity index (χ1) is 60.4. The van der Waals surface area contributed by atoms with Crippen molar-refractivity contribution in [2.45, 2.75) is 109 Å². The van der Waals surface area contributed by atoms with Crippen molar-refractivity contribution in [2.24, 2.45) is 0 Å². The van der Waals surface area contributed by atoms with Crippen molar-refractivity contribution in [3.63, 3.8) is 0 Å². The highest BCUT2D eigenvalue weighted by molar-refractivity contribution is 6.05. The number of amides is 3. The number of nitrogens with two attached hydrogens (primary N) is 3. The van der Waals surface area contributed by atoms with E-state index in [1.165, 1.54) is 56.8 Å². The van der Waals surface area contributed by atoms with E-state index in [0.717, 1.165) is 178 Å². The van der Waals surface area contributed by atoms with Crippen molar-refractivity contribution in [3.8, 4) is 67.9 Å². The molecule has 5 fully saturated rings. The Bertz CT molecular complexity index is 5770. The van der Waals surface area contributed by atoms with E-state index in [-0.39, 0.29) is 41.7 Å². The summed E-state index contributed by atoms with van der Waals surface area (Å²) in [7, 11) is 7.61. The van der Waals surface area contributed by atoms with Gasteiger partial charge in [0, 0.05) is 156 Å². The molecule has 6 N–H and O–H groups in total. The molecule has 0 radical (unpaired) electrons. The van der Waals surface area contributed by atoms with Crippen molar-refractivity contribution in [1.82, 2.24) is 73.0 Å². The second kappa shape index (κ2) is 40.1. The van der Waals surface area contributed by atoms with Crippen LogP contribution in [0.25, 0.3) is 66.5 Å². The lowest BCUT2D eigenvalue weighted by atomic mass is 10.0. The van der Waals surface area contributed by atoms with E-state index in [0.29, 0.717) is 87.0 Å².